The van der Waals surface area contributed by atoms with E-state index in [0.717, 1.165) is 0 Å². The molecule has 2 radical (unpaired) electrons. The molecule has 0 fully saturated rings. The second-order valence-corrected chi connectivity index (χ2v) is 1.40. The molecule has 0 bridgehead atoms. The fourth-order valence-electron chi connectivity index (χ4n) is 0.146. The van der Waals surface area contributed by atoms with Crippen molar-refractivity contribution in [1.82, 2.24) is 0 Å². The van der Waals surface area contributed by atoms with Crippen LogP contribution in [-0.2, 0) is 0 Å². The van der Waals surface area contributed by atoms with Crippen LogP contribution in [-0.4, -0.2) is 34.3 Å². The van der Waals surface area contributed by atoms with Crippen molar-refractivity contribution in [3.05, 3.63) is 0 Å². The summed E-state index contributed by atoms with van der Waals surface area (Å²) < 4.78 is 3.79. The molecule has 0 saturated carbocycles. The van der Waals surface area contributed by atoms with Crippen LogP contribution < -0.4 is 0 Å². The summed E-state index contributed by atoms with van der Waals surface area (Å²) in [5.74, 6) is 0. The fourth-order valence-corrected chi connectivity index (χ4v) is 0.338. The van der Waals surface area contributed by atoms with Crippen LogP contribution in [0.3, 0.4) is 0 Å². The van der Waals surface area contributed by atoms with Crippen molar-refractivity contribution >= 4 is 40.0 Å². The molecule has 0 unspecified atom stereocenters. The molecule has 0 aliphatic rings. The van der Waals surface area contributed by atoms with Gasteiger partial charge in [-0.3, -0.25) is 0 Å². The van der Waals surface area contributed by atoms with Crippen molar-refractivity contribution in [2.75, 3.05) is 6.26 Å². The molecule has 0 saturated heterocycles. The van der Waals surface area contributed by atoms with E-state index in [2.05, 4.69) is 4.30 Å². The molecule has 1 nitrogen and oxygen atoms in total. The molecule has 0 aromatic carbocycles. The molecule has 0 aromatic heterocycles. The number of hydrogen-bond donors (Lipinski definition) is 0. The predicted octanol–water partition coefficient (Wildman–Crippen LogP) is -0.526. The van der Waals surface area contributed by atoms with Crippen LogP contribution in [0.2, 0.25) is 0 Å². The van der Waals surface area contributed by atoms with Crippen molar-refractivity contribution in [3.8, 4) is 0 Å². The summed E-state index contributed by atoms with van der Waals surface area (Å²) in [5.41, 5.74) is 0. The standard InChI is InChI=1S/CH3B4NS/c1-7-6-5-4-3-2/h1H3. The van der Waals surface area contributed by atoms with Crippen LogP contribution >= 0.6 is 11.9 Å². The SMILES string of the molecule is [B]B=BB=NSC. The molecule has 0 amide bonds. The van der Waals surface area contributed by atoms with E-state index in [1.807, 2.05) is 6.26 Å². The topological polar surface area (TPSA) is 12.4 Å². The van der Waals surface area contributed by atoms with E-state index in [-0.39, 0.29) is 0 Å². The summed E-state index contributed by atoms with van der Waals surface area (Å²) >= 11 is 1.40. The quantitative estimate of drug-likeness (QED) is 0.339. The molecule has 6 heteroatoms. The maximum absolute atomic E-state index is 4.99. The van der Waals surface area contributed by atoms with E-state index < -0.39 is 0 Å². The van der Waals surface area contributed by atoms with Gasteiger partial charge in [-0.05, 0) is 0 Å². The summed E-state index contributed by atoms with van der Waals surface area (Å²) in [6.07, 6.45) is 1.89. The summed E-state index contributed by atoms with van der Waals surface area (Å²) in [4.78, 5) is 0. The van der Waals surface area contributed by atoms with Crippen molar-refractivity contribution in [2.45, 2.75) is 0 Å². The van der Waals surface area contributed by atoms with Gasteiger partial charge in [0.1, 0.15) is 0 Å². The van der Waals surface area contributed by atoms with Crippen LogP contribution in [0.1, 0.15) is 0 Å². The van der Waals surface area contributed by atoms with Crippen molar-refractivity contribution in [3.63, 3.8) is 0 Å². The average Bonchev–Trinajstić information content (AvgIpc) is 1.69. The Morgan fingerprint density at radius 1 is 1.71 bits per heavy atom. The molecule has 30 valence electrons. The first kappa shape index (κ1) is 7.41. The fraction of sp³-hybridized carbons (Fsp3) is 1.00. The van der Waals surface area contributed by atoms with Gasteiger partial charge in [0.2, 0.25) is 0 Å². The van der Waals surface area contributed by atoms with Gasteiger partial charge in [0, 0.05) is 0 Å². The normalized spacial score (nSPS) is 8.14. The van der Waals surface area contributed by atoms with Gasteiger partial charge < -0.3 is 0 Å². The molecular weight excluding hydrogens is 101 g/mol. The summed E-state index contributed by atoms with van der Waals surface area (Å²) in [7, 11) is 4.99. The Labute approximate surface area is 51.2 Å². The van der Waals surface area contributed by atoms with Crippen molar-refractivity contribution < 1.29 is 0 Å². The van der Waals surface area contributed by atoms with Gasteiger partial charge in [-0.15, -0.1) is 0 Å². The molecule has 0 aliphatic heterocycles. The molecule has 0 rings (SSSR count). The van der Waals surface area contributed by atoms with Crippen LogP contribution in [0.25, 0.3) is 0 Å². The molecular formula is CH3B4NS. The Kier molecular flexibility index (Phi) is 6.78. The van der Waals surface area contributed by atoms with E-state index in [1.165, 1.54) is 18.6 Å². The Morgan fingerprint density at radius 3 is 2.86 bits per heavy atom. The molecule has 0 aromatic rings. The number of hydrogen-bond acceptors (Lipinski definition) is 2. The van der Waals surface area contributed by atoms with Gasteiger partial charge in [-0.1, -0.05) is 0 Å². The predicted molar refractivity (Wildman–Crippen MR) is 39.0 cm³/mol. The molecule has 0 spiro atoms. The third-order valence-electron chi connectivity index (χ3n) is 0.363. The first-order valence-electron chi connectivity index (χ1n) is 1.85. The third-order valence-corrected chi connectivity index (χ3v) is 0.696. The van der Waals surface area contributed by atoms with Crippen LogP contribution in [0.5, 0.6) is 0 Å². The van der Waals surface area contributed by atoms with E-state index >= 15 is 0 Å². The first-order valence-corrected chi connectivity index (χ1v) is 3.03. The molecule has 7 heavy (non-hydrogen) atoms. The monoisotopic (exact) mass is 105 g/mol. The summed E-state index contributed by atoms with van der Waals surface area (Å²) in [5, 5.41) is 0. The first-order chi connectivity index (χ1) is 3.41. The molecule has 0 atom stereocenters. The van der Waals surface area contributed by atoms with Gasteiger partial charge in [-0.2, -0.15) is 0 Å². The minimum absolute atomic E-state index is 1.40. The van der Waals surface area contributed by atoms with Crippen LogP contribution in [0.4, 0.5) is 0 Å². The summed E-state index contributed by atoms with van der Waals surface area (Å²) in [6, 6.07) is 0. The Balaban J connectivity index is 3.09. The molecule has 0 aliphatic carbocycles. The summed E-state index contributed by atoms with van der Waals surface area (Å²) in [6.45, 7) is 4.76. The van der Waals surface area contributed by atoms with Gasteiger partial charge in [0.25, 0.3) is 0 Å². The zero-order valence-corrected chi connectivity index (χ0v) is 4.98. The zero-order chi connectivity index (χ0) is 5.54. The zero-order valence-electron chi connectivity index (χ0n) is 4.16. The average molecular weight is 104 g/mol. The Morgan fingerprint density at radius 2 is 2.43 bits per heavy atom. The van der Waals surface area contributed by atoms with Gasteiger partial charge >= 0.3 is 50.6 Å². The van der Waals surface area contributed by atoms with E-state index in [9.17, 15) is 0 Å². The number of nitrogens with zero attached hydrogens (tertiary/aromatic N) is 1. The molecule has 0 heterocycles. The van der Waals surface area contributed by atoms with E-state index in [4.69, 9.17) is 7.74 Å². The van der Waals surface area contributed by atoms with Crippen LogP contribution in [0.15, 0.2) is 4.30 Å². The van der Waals surface area contributed by atoms with E-state index in [0.29, 0.717) is 0 Å². The second-order valence-electron chi connectivity index (χ2n) is 0.822. The van der Waals surface area contributed by atoms with Crippen LogP contribution in [0, 0.1) is 0 Å². The molecule has 0 N–H and O–H groups in total. The Bertz CT molecular complexity index is 79.8. The van der Waals surface area contributed by atoms with E-state index in [1.54, 1.807) is 13.7 Å². The maximum atomic E-state index is 4.99. The Hall–Kier alpha value is 0.410. The number of rotatable bonds is 2. The van der Waals surface area contributed by atoms with Gasteiger partial charge in [0.05, 0.1) is 0 Å². The van der Waals surface area contributed by atoms with Gasteiger partial charge in [0.15, 0.2) is 0 Å². The van der Waals surface area contributed by atoms with Crippen molar-refractivity contribution in [2.24, 2.45) is 4.30 Å². The second kappa shape index (κ2) is 6.41. The van der Waals surface area contributed by atoms with Gasteiger partial charge in [-0.25, -0.2) is 0 Å². The third kappa shape index (κ3) is 6.41. The minimum atomic E-state index is 1.40. The van der Waals surface area contributed by atoms with Crippen molar-refractivity contribution in [1.29, 1.82) is 0 Å².